The van der Waals surface area contributed by atoms with Crippen molar-refractivity contribution in [3.8, 4) is 21.9 Å². The zero-order valence-electron chi connectivity index (χ0n) is 22.8. The molecule has 0 fully saturated rings. The summed E-state index contributed by atoms with van der Waals surface area (Å²) in [5.74, 6) is -2.01. The van der Waals surface area contributed by atoms with Gasteiger partial charge in [0.05, 0.1) is 20.3 Å². The number of thiophene rings is 1. The number of alkyl halides is 2. The maximum Gasteiger partial charge on any atom is 0.324 e. The molecule has 0 saturated carbocycles. The molecule has 1 aromatic heterocycles. The van der Waals surface area contributed by atoms with E-state index in [0.717, 1.165) is 32.7 Å². The Morgan fingerprint density at radius 1 is 1.03 bits per heavy atom. The summed E-state index contributed by atoms with van der Waals surface area (Å²) >= 11 is 1.65. The number of ether oxygens (including phenoxy) is 3. The van der Waals surface area contributed by atoms with E-state index in [9.17, 15) is 13.6 Å². The Bertz CT molecular complexity index is 1200. The summed E-state index contributed by atoms with van der Waals surface area (Å²) in [6.45, 7) is 2.25. The third kappa shape index (κ3) is 9.44. The molecule has 0 saturated heterocycles. The molecule has 4 N–H and O–H groups in total. The lowest BCUT2D eigenvalue weighted by molar-refractivity contribution is -0.145. The minimum absolute atomic E-state index is 0.0443. The predicted octanol–water partition coefficient (Wildman–Crippen LogP) is 6.71. The number of methoxy groups -OCH3 is 1. The molecule has 3 rings (SSSR count). The van der Waals surface area contributed by atoms with Gasteiger partial charge in [-0.05, 0) is 73.0 Å². The number of carbonyl (C=O) groups excluding carboxylic acids is 1. The molecule has 3 aromatic rings. The fraction of sp³-hybridized carbons (Fsp3) is 0.500. The lowest BCUT2D eigenvalue weighted by atomic mass is 10.0. The van der Waals surface area contributed by atoms with Gasteiger partial charge in [0.2, 0.25) is 5.92 Å². The molecule has 0 bridgehead atoms. The van der Waals surface area contributed by atoms with Crippen LogP contribution in [0.25, 0.3) is 20.5 Å². The SMILES string of the molecule is CCCCCc1ccc(-c2cc3ccc(OCCCC(F)(F)CCCOC(=O)C(N)CN)cc3s2)c(OC)c1. The van der Waals surface area contributed by atoms with Crippen molar-refractivity contribution in [3.63, 3.8) is 0 Å². The summed E-state index contributed by atoms with van der Waals surface area (Å²) in [6, 6.07) is 13.5. The van der Waals surface area contributed by atoms with Gasteiger partial charge >= 0.3 is 5.97 Å². The van der Waals surface area contributed by atoms with Crippen molar-refractivity contribution in [3.05, 3.63) is 48.0 Å². The van der Waals surface area contributed by atoms with Gasteiger partial charge in [-0.3, -0.25) is 4.79 Å². The Balaban J connectivity index is 1.50. The molecule has 0 amide bonds. The maximum atomic E-state index is 14.2. The van der Waals surface area contributed by atoms with Crippen LogP contribution in [-0.2, 0) is 16.0 Å². The second kappa shape index (κ2) is 15.1. The lowest BCUT2D eigenvalue weighted by Crippen LogP contribution is -2.39. The van der Waals surface area contributed by atoms with Crippen molar-refractivity contribution in [2.75, 3.05) is 26.9 Å². The largest absolute Gasteiger partial charge is 0.496 e. The van der Waals surface area contributed by atoms with Gasteiger partial charge in [-0.2, -0.15) is 0 Å². The molecule has 0 aliphatic rings. The lowest BCUT2D eigenvalue weighted by Gasteiger charge is -2.17. The van der Waals surface area contributed by atoms with Gasteiger partial charge < -0.3 is 25.7 Å². The van der Waals surface area contributed by atoms with E-state index in [0.29, 0.717) is 5.75 Å². The third-order valence-electron chi connectivity index (χ3n) is 6.54. The Hall–Kier alpha value is -2.75. The molecule has 0 radical (unpaired) electrons. The zero-order chi connectivity index (χ0) is 28.3. The Morgan fingerprint density at radius 2 is 1.79 bits per heavy atom. The van der Waals surface area contributed by atoms with E-state index < -0.39 is 17.9 Å². The van der Waals surface area contributed by atoms with Crippen LogP contribution in [0.2, 0.25) is 0 Å². The molecule has 0 spiro atoms. The van der Waals surface area contributed by atoms with Crippen molar-refractivity contribution < 1.29 is 27.8 Å². The summed E-state index contributed by atoms with van der Waals surface area (Å²) in [7, 11) is 1.70. The number of rotatable bonds is 17. The van der Waals surface area contributed by atoms with Gasteiger partial charge in [0.15, 0.2) is 0 Å². The van der Waals surface area contributed by atoms with Crippen LogP contribution < -0.4 is 20.9 Å². The fourth-order valence-electron chi connectivity index (χ4n) is 4.26. The molecule has 214 valence electrons. The van der Waals surface area contributed by atoms with E-state index in [1.54, 1.807) is 18.4 Å². The first-order valence-electron chi connectivity index (χ1n) is 13.6. The summed E-state index contributed by atoms with van der Waals surface area (Å²) in [5, 5.41) is 1.09. The highest BCUT2D eigenvalue weighted by Gasteiger charge is 2.28. The van der Waals surface area contributed by atoms with Crippen LogP contribution in [0, 0.1) is 0 Å². The summed E-state index contributed by atoms with van der Waals surface area (Å²) in [6.07, 6.45) is 4.22. The van der Waals surface area contributed by atoms with Gasteiger partial charge in [-0.25, -0.2) is 8.78 Å². The van der Waals surface area contributed by atoms with Gasteiger partial charge in [0, 0.05) is 34.5 Å². The maximum absolute atomic E-state index is 14.2. The molecule has 39 heavy (non-hydrogen) atoms. The Labute approximate surface area is 233 Å². The summed E-state index contributed by atoms with van der Waals surface area (Å²) in [5.41, 5.74) is 13.1. The quantitative estimate of drug-likeness (QED) is 0.140. The normalized spacial score (nSPS) is 12.5. The molecule has 0 aliphatic carbocycles. The minimum atomic E-state index is -2.86. The highest BCUT2D eigenvalue weighted by Crippen LogP contribution is 2.40. The van der Waals surface area contributed by atoms with Crippen LogP contribution in [0.4, 0.5) is 8.78 Å². The van der Waals surface area contributed by atoms with Crippen LogP contribution in [0.3, 0.4) is 0 Å². The molecular weight excluding hydrogens is 522 g/mol. The van der Waals surface area contributed by atoms with Gasteiger partial charge in [-0.15, -0.1) is 11.3 Å². The molecule has 1 heterocycles. The van der Waals surface area contributed by atoms with E-state index in [1.165, 1.54) is 24.8 Å². The molecule has 6 nitrogen and oxygen atoms in total. The van der Waals surface area contributed by atoms with E-state index >= 15 is 0 Å². The molecule has 1 unspecified atom stereocenters. The van der Waals surface area contributed by atoms with Crippen molar-refractivity contribution in [1.82, 2.24) is 0 Å². The molecule has 0 aliphatic heterocycles. The molecule has 2 aromatic carbocycles. The molecular formula is C30H40F2N2O4S. The van der Waals surface area contributed by atoms with Crippen molar-refractivity contribution >= 4 is 27.4 Å². The van der Waals surface area contributed by atoms with Crippen LogP contribution in [0.1, 0.15) is 57.4 Å². The van der Waals surface area contributed by atoms with Crippen LogP contribution in [-0.4, -0.2) is 44.8 Å². The van der Waals surface area contributed by atoms with Crippen LogP contribution >= 0.6 is 11.3 Å². The number of carbonyl (C=O) groups is 1. The Kier molecular flexibility index (Phi) is 12.0. The molecule has 9 heteroatoms. The number of halogens is 2. The summed E-state index contributed by atoms with van der Waals surface area (Å²) < 4.78 is 45.8. The Morgan fingerprint density at radius 3 is 2.51 bits per heavy atom. The van der Waals surface area contributed by atoms with Crippen molar-refractivity contribution in [2.45, 2.75) is 70.3 Å². The average Bonchev–Trinajstić information content (AvgIpc) is 3.36. The molecule has 1 atom stereocenters. The zero-order valence-corrected chi connectivity index (χ0v) is 23.7. The second-order valence-electron chi connectivity index (χ2n) is 9.72. The smallest absolute Gasteiger partial charge is 0.324 e. The third-order valence-corrected chi connectivity index (χ3v) is 7.67. The first kappa shape index (κ1) is 30.8. The van der Waals surface area contributed by atoms with Crippen LogP contribution in [0.5, 0.6) is 11.5 Å². The average molecular weight is 563 g/mol. The highest BCUT2D eigenvalue weighted by molar-refractivity contribution is 7.22. The highest BCUT2D eigenvalue weighted by atomic mass is 32.1. The number of benzene rings is 2. The number of hydrogen-bond acceptors (Lipinski definition) is 7. The minimum Gasteiger partial charge on any atom is -0.496 e. The van der Waals surface area contributed by atoms with Gasteiger partial charge in [0.1, 0.15) is 17.5 Å². The number of hydrogen-bond donors (Lipinski definition) is 2. The first-order chi connectivity index (χ1) is 18.8. The van der Waals surface area contributed by atoms with Crippen LogP contribution in [0.15, 0.2) is 42.5 Å². The topological polar surface area (TPSA) is 96.8 Å². The second-order valence-corrected chi connectivity index (χ2v) is 10.8. The number of nitrogens with two attached hydrogens (primary N) is 2. The first-order valence-corrected chi connectivity index (χ1v) is 14.4. The van der Waals surface area contributed by atoms with Crippen molar-refractivity contribution in [1.29, 1.82) is 0 Å². The number of unbranched alkanes of at least 4 members (excludes halogenated alkanes) is 2. The predicted molar refractivity (Wildman–Crippen MR) is 154 cm³/mol. The standard InChI is InChI=1S/C30H40F2N2O4S/c1-3-4-5-8-21-9-12-24(26(17-21)36-2)28-18-22-10-11-23(19-27(22)39-28)37-15-6-13-30(31,32)14-7-16-38-29(35)25(34)20-33/h9-12,17-19,25H,3-8,13-16,20,33-34H2,1-2H3. The number of fused-ring (bicyclic) bond motifs is 1. The van der Waals surface area contributed by atoms with E-state index in [4.69, 9.17) is 25.7 Å². The number of esters is 1. The van der Waals surface area contributed by atoms with E-state index in [1.807, 2.05) is 18.2 Å². The van der Waals surface area contributed by atoms with Gasteiger partial charge in [0.25, 0.3) is 0 Å². The monoisotopic (exact) mass is 562 g/mol. The number of aryl methyl sites for hydroxylation is 1. The fourth-order valence-corrected chi connectivity index (χ4v) is 5.38. The van der Waals surface area contributed by atoms with Gasteiger partial charge in [-0.1, -0.05) is 25.8 Å². The van der Waals surface area contributed by atoms with E-state index in [-0.39, 0.29) is 45.4 Å². The van der Waals surface area contributed by atoms with Crippen molar-refractivity contribution in [2.24, 2.45) is 11.5 Å². The van der Waals surface area contributed by atoms with E-state index in [2.05, 4.69) is 31.2 Å². The summed E-state index contributed by atoms with van der Waals surface area (Å²) in [4.78, 5) is 12.6.